The number of carbonyl (C=O) groups excluding carboxylic acids is 1. The van der Waals surface area contributed by atoms with Gasteiger partial charge in [-0.05, 0) is 48.2 Å². The van der Waals surface area contributed by atoms with Gasteiger partial charge < -0.3 is 19.4 Å². The molecule has 0 aliphatic carbocycles. The first kappa shape index (κ1) is 18.5. The fourth-order valence-corrected chi connectivity index (χ4v) is 3.71. The normalized spacial score (nSPS) is 16.4. The Morgan fingerprint density at radius 3 is 3.07 bits per heavy atom. The van der Waals surface area contributed by atoms with Crippen molar-refractivity contribution in [1.82, 2.24) is 14.9 Å². The Morgan fingerprint density at radius 2 is 2.32 bits per heavy atom. The number of benzene rings is 1. The van der Waals surface area contributed by atoms with E-state index in [9.17, 15) is 4.79 Å². The van der Waals surface area contributed by atoms with E-state index in [0.29, 0.717) is 19.5 Å². The van der Waals surface area contributed by atoms with Gasteiger partial charge in [-0.25, -0.2) is 0 Å². The molecule has 1 fully saturated rings. The number of hydrogen-bond acceptors (Lipinski definition) is 4. The number of rotatable bonds is 7. The SMILES string of the molecule is COc1ccc2[nH]cc(CC(=O)N(Cc3cccnc3)CC3CCCO3)c2c1. The van der Waals surface area contributed by atoms with Crippen molar-refractivity contribution in [1.29, 1.82) is 0 Å². The Morgan fingerprint density at radius 1 is 1.39 bits per heavy atom. The molecular formula is C22H25N3O3. The second-order valence-electron chi connectivity index (χ2n) is 7.17. The lowest BCUT2D eigenvalue weighted by molar-refractivity contribution is -0.132. The van der Waals surface area contributed by atoms with Gasteiger partial charge in [-0.3, -0.25) is 9.78 Å². The van der Waals surface area contributed by atoms with E-state index >= 15 is 0 Å². The van der Waals surface area contributed by atoms with E-state index in [1.165, 1.54) is 0 Å². The minimum Gasteiger partial charge on any atom is -0.497 e. The molecule has 0 spiro atoms. The van der Waals surface area contributed by atoms with Crippen LogP contribution in [0.25, 0.3) is 10.9 Å². The molecule has 1 unspecified atom stereocenters. The van der Waals surface area contributed by atoms with Gasteiger partial charge in [0.25, 0.3) is 0 Å². The second-order valence-corrected chi connectivity index (χ2v) is 7.17. The molecule has 28 heavy (non-hydrogen) atoms. The maximum absolute atomic E-state index is 13.2. The number of aromatic nitrogens is 2. The Balaban J connectivity index is 1.54. The molecule has 4 rings (SSSR count). The van der Waals surface area contributed by atoms with Crippen LogP contribution in [0.2, 0.25) is 0 Å². The molecule has 0 saturated carbocycles. The summed E-state index contributed by atoms with van der Waals surface area (Å²) < 4.78 is 11.1. The van der Waals surface area contributed by atoms with Gasteiger partial charge in [-0.1, -0.05) is 6.07 Å². The van der Waals surface area contributed by atoms with Gasteiger partial charge in [0, 0.05) is 49.2 Å². The summed E-state index contributed by atoms with van der Waals surface area (Å²) in [6.07, 6.45) is 7.98. The van der Waals surface area contributed by atoms with Crippen molar-refractivity contribution in [3.8, 4) is 5.75 Å². The lowest BCUT2D eigenvalue weighted by atomic mass is 10.1. The van der Waals surface area contributed by atoms with Crippen molar-refractivity contribution in [3.63, 3.8) is 0 Å². The van der Waals surface area contributed by atoms with E-state index in [1.54, 1.807) is 13.3 Å². The van der Waals surface area contributed by atoms with Gasteiger partial charge in [0.05, 0.1) is 19.6 Å². The monoisotopic (exact) mass is 379 g/mol. The van der Waals surface area contributed by atoms with Crippen LogP contribution in [0.3, 0.4) is 0 Å². The molecular weight excluding hydrogens is 354 g/mol. The first-order chi connectivity index (χ1) is 13.7. The van der Waals surface area contributed by atoms with E-state index < -0.39 is 0 Å². The minimum absolute atomic E-state index is 0.0862. The third kappa shape index (κ3) is 4.17. The van der Waals surface area contributed by atoms with Crippen LogP contribution >= 0.6 is 0 Å². The van der Waals surface area contributed by atoms with Crippen LogP contribution in [-0.4, -0.2) is 47.1 Å². The van der Waals surface area contributed by atoms with E-state index in [1.807, 2.05) is 47.6 Å². The number of nitrogens with one attached hydrogen (secondary N) is 1. The highest BCUT2D eigenvalue weighted by Gasteiger charge is 2.23. The molecule has 3 heterocycles. The van der Waals surface area contributed by atoms with Gasteiger partial charge in [0.1, 0.15) is 5.75 Å². The van der Waals surface area contributed by atoms with Gasteiger partial charge in [0.2, 0.25) is 5.91 Å². The Kier molecular flexibility index (Phi) is 5.58. The summed E-state index contributed by atoms with van der Waals surface area (Å²) in [4.78, 5) is 22.5. The molecule has 146 valence electrons. The summed E-state index contributed by atoms with van der Waals surface area (Å²) >= 11 is 0. The number of aromatic amines is 1. The molecule has 0 bridgehead atoms. The highest BCUT2D eigenvalue weighted by molar-refractivity contribution is 5.89. The first-order valence-electron chi connectivity index (χ1n) is 9.65. The van der Waals surface area contributed by atoms with Gasteiger partial charge >= 0.3 is 0 Å². The molecule has 1 atom stereocenters. The maximum Gasteiger partial charge on any atom is 0.227 e. The summed E-state index contributed by atoms with van der Waals surface area (Å²) in [6, 6.07) is 9.76. The molecule has 1 amide bonds. The van der Waals surface area contributed by atoms with Crippen molar-refractivity contribution in [2.24, 2.45) is 0 Å². The van der Waals surface area contributed by atoms with Crippen LogP contribution in [0.1, 0.15) is 24.0 Å². The van der Waals surface area contributed by atoms with E-state index in [4.69, 9.17) is 9.47 Å². The molecule has 3 aromatic rings. The standard InChI is InChI=1S/C22H25N3O3/c1-27-18-6-7-21-20(11-18)17(13-24-21)10-22(26)25(15-19-5-3-9-28-19)14-16-4-2-8-23-12-16/h2,4,6-8,11-13,19,24H,3,5,9-10,14-15H2,1H3. The summed E-state index contributed by atoms with van der Waals surface area (Å²) in [7, 11) is 1.65. The fourth-order valence-electron chi connectivity index (χ4n) is 3.71. The van der Waals surface area contributed by atoms with Crippen molar-refractivity contribution < 1.29 is 14.3 Å². The number of carbonyl (C=O) groups is 1. The van der Waals surface area contributed by atoms with Crippen LogP contribution in [-0.2, 0) is 22.5 Å². The highest BCUT2D eigenvalue weighted by Crippen LogP contribution is 2.25. The molecule has 2 aromatic heterocycles. The van der Waals surface area contributed by atoms with Crippen molar-refractivity contribution >= 4 is 16.8 Å². The van der Waals surface area contributed by atoms with Crippen LogP contribution in [0.4, 0.5) is 0 Å². The smallest absolute Gasteiger partial charge is 0.227 e. The largest absolute Gasteiger partial charge is 0.497 e. The van der Waals surface area contributed by atoms with Crippen LogP contribution < -0.4 is 4.74 Å². The zero-order valence-electron chi connectivity index (χ0n) is 16.1. The lowest BCUT2D eigenvalue weighted by Gasteiger charge is -2.25. The van der Waals surface area contributed by atoms with Crippen molar-refractivity contribution in [3.05, 3.63) is 60.0 Å². The Bertz CT molecular complexity index is 933. The summed E-state index contributed by atoms with van der Waals surface area (Å²) in [5.41, 5.74) is 3.00. The predicted octanol–water partition coefficient (Wildman–Crippen LogP) is 3.32. The molecule has 1 N–H and O–H groups in total. The third-order valence-electron chi connectivity index (χ3n) is 5.21. The second kappa shape index (κ2) is 8.44. The predicted molar refractivity (Wildman–Crippen MR) is 107 cm³/mol. The lowest BCUT2D eigenvalue weighted by Crippen LogP contribution is -2.37. The summed E-state index contributed by atoms with van der Waals surface area (Å²) in [6.45, 7) is 1.93. The van der Waals surface area contributed by atoms with E-state index in [0.717, 1.165) is 47.2 Å². The first-order valence-corrected chi connectivity index (χ1v) is 9.65. The van der Waals surface area contributed by atoms with Gasteiger partial charge in [-0.15, -0.1) is 0 Å². The average Bonchev–Trinajstić information content (AvgIpc) is 3.38. The number of amides is 1. The molecule has 1 aliphatic heterocycles. The fraction of sp³-hybridized carbons (Fsp3) is 0.364. The molecule has 0 radical (unpaired) electrons. The molecule has 1 saturated heterocycles. The van der Waals surface area contributed by atoms with Gasteiger partial charge in [-0.2, -0.15) is 0 Å². The Hall–Kier alpha value is -2.86. The van der Waals surface area contributed by atoms with Crippen LogP contribution in [0, 0.1) is 0 Å². The number of pyridine rings is 1. The number of methoxy groups -OCH3 is 1. The number of H-pyrrole nitrogens is 1. The number of ether oxygens (including phenoxy) is 2. The number of hydrogen-bond donors (Lipinski definition) is 1. The quantitative estimate of drug-likeness (QED) is 0.684. The molecule has 1 aromatic carbocycles. The van der Waals surface area contributed by atoms with Gasteiger partial charge in [0.15, 0.2) is 0 Å². The van der Waals surface area contributed by atoms with Crippen LogP contribution in [0.5, 0.6) is 5.75 Å². The van der Waals surface area contributed by atoms with Crippen LogP contribution in [0.15, 0.2) is 48.9 Å². The minimum atomic E-state index is 0.0862. The maximum atomic E-state index is 13.2. The number of nitrogens with zero attached hydrogens (tertiary/aromatic N) is 2. The topological polar surface area (TPSA) is 67.5 Å². The van der Waals surface area contributed by atoms with E-state index in [2.05, 4.69) is 9.97 Å². The third-order valence-corrected chi connectivity index (χ3v) is 5.21. The molecule has 1 aliphatic rings. The number of fused-ring (bicyclic) bond motifs is 1. The van der Waals surface area contributed by atoms with Crippen molar-refractivity contribution in [2.75, 3.05) is 20.3 Å². The Labute approximate surface area is 164 Å². The average molecular weight is 379 g/mol. The summed E-state index contributed by atoms with van der Waals surface area (Å²) in [5, 5.41) is 1.02. The molecule has 6 nitrogen and oxygen atoms in total. The van der Waals surface area contributed by atoms with Crippen molar-refractivity contribution in [2.45, 2.75) is 31.9 Å². The van der Waals surface area contributed by atoms with E-state index in [-0.39, 0.29) is 12.0 Å². The highest BCUT2D eigenvalue weighted by atomic mass is 16.5. The summed E-state index contributed by atoms with van der Waals surface area (Å²) in [5.74, 6) is 0.871. The molecule has 6 heteroatoms. The zero-order chi connectivity index (χ0) is 19.3. The zero-order valence-corrected chi connectivity index (χ0v) is 16.1.